The third kappa shape index (κ3) is 5.38. The molecule has 8 nitrogen and oxygen atoms in total. The second-order valence-electron chi connectivity index (χ2n) is 8.38. The number of benzene rings is 2. The zero-order valence-corrected chi connectivity index (χ0v) is 18.5. The van der Waals surface area contributed by atoms with E-state index in [4.69, 9.17) is 4.74 Å². The Bertz CT molecular complexity index is 1140. The van der Waals surface area contributed by atoms with Gasteiger partial charge in [-0.25, -0.2) is 4.68 Å². The van der Waals surface area contributed by atoms with E-state index < -0.39 is 0 Å². The predicted octanol–water partition coefficient (Wildman–Crippen LogP) is 2.11. The maximum atomic E-state index is 12.5. The van der Waals surface area contributed by atoms with Gasteiger partial charge in [0.25, 0.3) is 5.56 Å². The van der Waals surface area contributed by atoms with E-state index in [1.165, 1.54) is 10.2 Å². The molecule has 0 spiro atoms. The highest BCUT2D eigenvalue weighted by atomic mass is 16.5. The van der Waals surface area contributed by atoms with Crippen molar-refractivity contribution in [3.05, 3.63) is 70.0 Å². The topological polar surface area (TPSA) is 89.4 Å². The minimum absolute atomic E-state index is 0.129. The van der Waals surface area contributed by atoms with Crippen molar-refractivity contribution in [3.63, 3.8) is 0 Å². The maximum absolute atomic E-state index is 12.5. The number of fused-ring (bicyclic) bond motifs is 1. The molecule has 1 aliphatic heterocycles. The van der Waals surface area contributed by atoms with Crippen LogP contribution in [0.2, 0.25) is 0 Å². The number of hydrogen-bond acceptors (Lipinski definition) is 6. The van der Waals surface area contributed by atoms with Gasteiger partial charge in [-0.15, -0.1) is 5.10 Å². The Morgan fingerprint density at radius 1 is 1.06 bits per heavy atom. The number of aryl methyl sites for hydroxylation is 1. The number of ether oxygens (including phenoxy) is 1. The van der Waals surface area contributed by atoms with Crippen LogP contribution in [0.25, 0.3) is 10.9 Å². The molecule has 32 heavy (non-hydrogen) atoms. The summed E-state index contributed by atoms with van der Waals surface area (Å²) in [4.78, 5) is 27.4. The van der Waals surface area contributed by atoms with Gasteiger partial charge in [-0.2, -0.15) is 0 Å². The van der Waals surface area contributed by atoms with Crippen molar-refractivity contribution < 1.29 is 9.53 Å². The summed E-state index contributed by atoms with van der Waals surface area (Å²) in [5.41, 5.74) is 2.61. The van der Waals surface area contributed by atoms with Crippen molar-refractivity contribution in [1.82, 2.24) is 25.2 Å². The smallest absolute Gasteiger partial charge is 0.277 e. The quantitative estimate of drug-likeness (QED) is 0.611. The zero-order chi connectivity index (χ0) is 22.5. The van der Waals surface area contributed by atoms with Crippen LogP contribution in [0.3, 0.4) is 0 Å². The van der Waals surface area contributed by atoms with Crippen LogP contribution in [-0.2, 0) is 29.2 Å². The third-order valence-electron chi connectivity index (χ3n) is 5.66. The Balaban J connectivity index is 1.34. The van der Waals surface area contributed by atoms with Crippen molar-refractivity contribution in [1.29, 1.82) is 0 Å². The van der Waals surface area contributed by atoms with Crippen LogP contribution in [0.15, 0.2) is 53.3 Å². The molecule has 4 rings (SSSR count). The summed E-state index contributed by atoms with van der Waals surface area (Å²) < 4.78 is 7.07. The highest BCUT2D eigenvalue weighted by molar-refractivity contribution is 5.77. The molecule has 8 heteroatoms. The minimum atomic E-state index is -0.234. The molecule has 2 unspecified atom stereocenters. The predicted molar refractivity (Wildman–Crippen MR) is 122 cm³/mol. The number of nitrogens with one attached hydrogen (secondary N) is 1. The first-order valence-corrected chi connectivity index (χ1v) is 11.0. The number of carbonyl (C=O) groups excluding carboxylic acids is 1. The summed E-state index contributed by atoms with van der Waals surface area (Å²) in [6.07, 6.45) is 0.590. The Morgan fingerprint density at radius 2 is 1.75 bits per heavy atom. The van der Waals surface area contributed by atoms with E-state index in [0.717, 1.165) is 25.2 Å². The van der Waals surface area contributed by atoms with Gasteiger partial charge in [0.15, 0.2) is 0 Å². The van der Waals surface area contributed by atoms with Gasteiger partial charge in [0.1, 0.15) is 5.52 Å². The normalized spacial score (nSPS) is 19.2. The SMILES string of the molecule is CC1CN(Cc2ccccc2CNC(=O)CCn2nnc3ccccc3c2=O)CC(C)O1. The van der Waals surface area contributed by atoms with E-state index in [-0.39, 0.29) is 36.6 Å². The lowest BCUT2D eigenvalue weighted by molar-refractivity contribution is -0.121. The third-order valence-corrected chi connectivity index (χ3v) is 5.66. The molecule has 2 heterocycles. The van der Waals surface area contributed by atoms with Crippen molar-refractivity contribution in [2.24, 2.45) is 0 Å². The summed E-state index contributed by atoms with van der Waals surface area (Å²) in [6, 6.07) is 15.2. The molecule has 3 aromatic rings. The molecule has 1 fully saturated rings. The number of rotatable bonds is 7. The van der Waals surface area contributed by atoms with Crippen molar-refractivity contribution in [3.8, 4) is 0 Å². The molecule has 1 saturated heterocycles. The van der Waals surface area contributed by atoms with E-state index in [1.54, 1.807) is 18.2 Å². The number of aromatic nitrogens is 3. The summed E-state index contributed by atoms with van der Waals surface area (Å²) in [5, 5.41) is 11.5. The van der Waals surface area contributed by atoms with E-state index in [1.807, 2.05) is 24.3 Å². The Labute approximate surface area is 187 Å². The lowest BCUT2D eigenvalue weighted by Gasteiger charge is -2.35. The van der Waals surface area contributed by atoms with E-state index in [2.05, 4.69) is 40.4 Å². The molecule has 0 radical (unpaired) electrons. The molecular weight excluding hydrogens is 406 g/mol. The van der Waals surface area contributed by atoms with E-state index >= 15 is 0 Å². The Morgan fingerprint density at radius 3 is 2.53 bits per heavy atom. The van der Waals surface area contributed by atoms with E-state index in [9.17, 15) is 9.59 Å². The van der Waals surface area contributed by atoms with Crippen molar-refractivity contribution in [2.45, 2.75) is 52.1 Å². The highest BCUT2D eigenvalue weighted by Crippen LogP contribution is 2.17. The van der Waals surface area contributed by atoms with Crippen LogP contribution in [0.4, 0.5) is 0 Å². The monoisotopic (exact) mass is 435 g/mol. The molecule has 0 bridgehead atoms. The van der Waals surface area contributed by atoms with Gasteiger partial charge in [0.2, 0.25) is 5.91 Å². The van der Waals surface area contributed by atoms with Crippen LogP contribution >= 0.6 is 0 Å². The zero-order valence-electron chi connectivity index (χ0n) is 18.5. The molecule has 1 aliphatic rings. The standard InChI is InChI=1S/C24H29N5O3/c1-17-14-28(15-18(2)32-17)16-20-8-4-3-7-19(20)13-25-23(30)11-12-29-24(31)21-9-5-6-10-22(21)26-27-29/h3-10,17-18H,11-16H2,1-2H3,(H,25,30). The molecule has 0 saturated carbocycles. The second-order valence-corrected chi connectivity index (χ2v) is 8.38. The Kier molecular flexibility index (Phi) is 6.92. The van der Waals surface area contributed by atoms with Gasteiger partial charge in [-0.1, -0.05) is 41.6 Å². The maximum Gasteiger partial charge on any atom is 0.277 e. The second kappa shape index (κ2) is 10.0. The average Bonchev–Trinajstić information content (AvgIpc) is 2.77. The fraction of sp³-hybridized carbons (Fsp3) is 0.417. The first kappa shape index (κ1) is 22.1. The molecule has 168 valence electrons. The first-order valence-electron chi connectivity index (χ1n) is 11.0. The molecule has 0 aliphatic carbocycles. The molecular formula is C24H29N5O3. The number of carbonyl (C=O) groups is 1. The molecule has 2 aromatic carbocycles. The molecule has 1 aromatic heterocycles. The number of hydrogen-bond donors (Lipinski definition) is 1. The summed E-state index contributed by atoms with van der Waals surface area (Å²) >= 11 is 0. The summed E-state index contributed by atoms with van der Waals surface area (Å²) in [7, 11) is 0. The highest BCUT2D eigenvalue weighted by Gasteiger charge is 2.22. The summed E-state index contributed by atoms with van der Waals surface area (Å²) in [5.74, 6) is -0.129. The van der Waals surface area contributed by atoms with E-state index in [0.29, 0.717) is 17.4 Å². The largest absolute Gasteiger partial charge is 0.373 e. The van der Waals surface area contributed by atoms with Crippen LogP contribution in [-0.4, -0.2) is 51.1 Å². The lowest BCUT2D eigenvalue weighted by Crippen LogP contribution is -2.45. The van der Waals surface area contributed by atoms with Gasteiger partial charge >= 0.3 is 0 Å². The van der Waals surface area contributed by atoms with Crippen LogP contribution in [0.1, 0.15) is 31.4 Å². The molecule has 1 N–H and O–H groups in total. The number of morpholine rings is 1. The van der Waals surface area contributed by atoms with Gasteiger partial charge < -0.3 is 10.1 Å². The fourth-order valence-electron chi connectivity index (χ4n) is 4.20. The number of amides is 1. The van der Waals surface area contributed by atoms with Crippen LogP contribution < -0.4 is 10.9 Å². The van der Waals surface area contributed by atoms with Crippen LogP contribution in [0, 0.1) is 0 Å². The fourth-order valence-corrected chi connectivity index (χ4v) is 4.20. The minimum Gasteiger partial charge on any atom is -0.373 e. The molecule has 1 amide bonds. The van der Waals surface area contributed by atoms with Crippen molar-refractivity contribution >= 4 is 16.8 Å². The lowest BCUT2D eigenvalue weighted by atomic mass is 10.1. The summed E-state index contributed by atoms with van der Waals surface area (Å²) in [6.45, 7) is 7.45. The van der Waals surface area contributed by atoms with Gasteiger partial charge in [0.05, 0.1) is 24.1 Å². The van der Waals surface area contributed by atoms with Gasteiger partial charge in [-0.05, 0) is 37.1 Å². The first-order chi connectivity index (χ1) is 15.5. The van der Waals surface area contributed by atoms with Gasteiger partial charge in [-0.3, -0.25) is 14.5 Å². The average molecular weight is 436 g/mol. The van der Waals surface area contributed by atoms with Crippen LogP contribution in [0.5, 0.6) is 0 Å². The molecule has 2 atom stereocenters. The van der Waals surface area contributed by atoms with Gasteiger partial charge in [0, 0.05) is 32.6 Å². The Hall–Kier alpha value is -3.10. The number of nitrogens with zero attached hydrogens (tertiary/aromatic N) is 4. The van der Waals surface area contributed by atoms with Crippen molar-refractivity contribution in [2.75, 3.05) is 13.1 Å².